The highest BCUT2D eigenvalue weighted by atomic mass is 32.2. The number of nitrogens with two attached hydrogens (primary N) is 1. The van der Waals surface area contributed by atoms with Crippen LogP contribution >= 0.6 is 12.2 Å². The van der Waals surface area contributed by atoms with Gasteiger partial charge < -0.3 is 10.6 Å². The number of thiocarbonyl (C=S) groups is 1. The molecule has 1 aromatic rings. The van der Waals surface area contributed by atoms with Crippen LogP contribution in [0.15, 0.2) is 24.3 Å². The van der Waals surface area contributed by atoms with Crippen LogP contribution in [0.1, 0.15) is 18.1 Å². The van der Waals surface area contributed by atoms with Crippen LogP contribution in [0.3, 0.4) is 0 Å². The molecule has 0 aliphatic rings. The molecule has 0 heterocycles. The van der Waals surface area contributed by atoms with Crippen molar-refractivity contribution in [2.45, 2.75) is 18.7 Å². The highest BCUT2D eigenvalue weighted by Gasteiger charge is 2.18. The van der Waals surface area contributed by atoms with Gasteiger partial charge in [-0.3, -0.25) is 0 Å². The van der Waals surface area contributed by atoms with Gasteiger partial charge in [0.1, 0.15) is 4.99 Å². The van der Waals surface area contributed by atoms with E-state index in [4.69, 9.17) is 18.0 Å². The van der Waals surface area contributed by atoms with E-state index in [2.05, 4.69) is 4.72 Å². The molecule has 0 spiro atoms. The van der Waals surface area contributed by atoms with Crippen molar-refractivity contribution >= 4 is 27.2 Å². The Morgan fingerprint density at radius 2 is 2.00 bits per heavy atom. The second kappa shape index (κ2) is 7.12. The highest BCUT2D eigenvalue weighted by molar-refractivity contribution is 7.88. The summed E-state index contributed by atoms with van der Waals surface area (Å²) in [5.41, 5.74) is 6.83. The topological polar surface area (TPSA) is 75.4 Å². The lowest BCUT2D eigenvalue weighted by Crippen LogP contribution is -2.40. The second-order valence-corrected chi connectivity index (χ2v) is 7.26. The summed E-state index contributed by atoms with van der Waals surface area (Å²) < 4.78 is 27.0. The highest BCUT2D eigenvalue weighted by Crippen LogP contribution is 2.12. The number of nitrogens with one attached hydrogen (secondary N) is 1. The average Bonchev–Trinajstić information content (AvgIpc) is 2.26. The molecule has 20 heavy (non-hydrogen) atoms. The van der Waals surface area contributed by atoms with Crippen molar-refractivity contribution in [3.05, 3.63) is 35.4 Å². The van der Waals surface area contributed by atoms with Gasteiger partial charge in [0.15, 0.2) is 0 Å². The summed E-state index contributed by atoms with van der Waals surface area (Å²) >= 11 is 4.94. The van der Waals surface area contributed by atoms with Gasteiger partial charge in [-0.15, -0.1) is 0 Å². The Hall–Kier alpha value is -1.02. The maximum absolute atomic E-state index is 12.2. The number of hydrogen-bond acceptors (Lipinski definition) is 4. The first-order chi connectivity index (χ1) is 9.21. The van der Waals surface area contributed by atoms with Crippen LogP contribution in [0.25, 0.3) is 0 Å². The molecule has 0 saturated carbocycles. The van der Waals surface area contributed by atoms with Crippen molar-refractivity contribution in [2.24, 2.45) is 5.73 Å². The standard InChI is InChI=1S/C13H21N3O2S2/c1-10(8-16(2)3)15-20(17,18)9-11-6-4-5-7-12(11)13(14)19/h4-7,10,15H,8-9H2,1-3H3,(H2,14,19). The third-order valence-corrected chi connectivity index (χ3v) is 4.32. The SMILES string of the molecule is CC(CN(C)C)NS(=O)(=O)Cc1ccccc1C(N)=S. The van der Waals surface area contributed by atoms with Crippen LogP contribution in [0.5, 0.6) is 0 Å². The Labute approximate surface area is 126 Å². The molecular formula is C13H21N3O2S2. The fourth-order valence-electron chi connectivity index (χ4n) is 2.02. The predicted molar refractivity (Wildman–Crippen MR) is 86.1 cm³/mol. The fourth-order valence-corrected chi connectivity index (χ4v) is 3.66. The molecule has 0 amide bonds. The van der Waals surface area contributed by atoms with Gasteiger partial charge in [-0.1, -0.05) is 36.5 Å². The smallest absolute Gasteiger partial charge is 0.216 e. The molecule has 112 valence electrons. The Bertz CT molecular complexity index is 571. The zero-order chi connectivity index (χ0) is 15.3. The van der Waals surface area contributed by atoms with Gasteiger partial charge in [-0.25, -0.2) is 13.1 Å². The molecule has 0 aromatic heterocycles. The second-order valence-electron chi connectivity index (χ2n) is 5.06. The zero-order valence-corrected chi connectivity index (χ0v) is 13.6. The lowest BCUT2D eigenvalue weighted by Gasteiger charge is -2.18. The third kappa shape index (κ3) is 5.54. The Balaban J connectivity index is 2.84. The normalized spacial score (nSPS) is 13.4. The average molecular weight is 315 g/mol. The number of sulfonamides is 1. The molecule has 0 fully saturated rings. The maximum atomic E-state index is 12.2. The van der Waals surface area contributed by atoms with Crippen LogP contribution in [-0.4, -0.2) is 45.0 Å². The monoisotopic (exact) mass is 315 g/mol. The quantitative estimate of drug-likeness (QED) is 0.724. The van der Waals surface area contributed by atoms with Crippen molar-refractivity contribution in [3.8, 4) is 0 Å². The predicted octanol–water partition coefficient (Wildman–Crippen LogP) is 0.690. The van der Waals surface area contributed by atoms with E-state index in [0.717, 1.165) is 0 Å². The van der Waals surface area contributed by atoms with Gasteiger partial charge >= 0.3 is 0 Å². The lowest BCUT2D eigenvalue weighted by atomic mass is 10.1. The van der Waals surface area contributed by atoms with Crippen LogP contribution < -0.4 is 10.5 Å². The zero-order valence-electron chi connectivity index (χ0n) is 12.0. The van der Waals surface area contributed by atoms with E-state index < -0.39 is 10.0 Å². The minimum Gasteiger partial charge on any atom is -0.389 e. The van der Waals surface area contributed by atoms with Crippen molar-refractivity contribution in [2.75, 3.05) is 20.6 Å². The van der Waals surface area contributed by atoms with Gasteiger partial charge in [0, 0.05) is 18.2 Å². The maximum Gasteiger partial charge on any atom is 0.216 e. The molecular weight excluding hydrogens is 294 g/mol. The van der Waals surface area contributed by atoms with Gasteiger partial charge in [0.25, 0.3) is 0 Å². The van der Waals surface area contributed by atoms with Gasteiger partial charge in [-0.2, -0.15) is 0 Å². The summed E-state index contributed by atoms with van der Waals surface area (Å²) in [7, 11) is 0.364. The Kier molecular flexibility index (Phi) is 6.07. The minimum absolute atomic E-state index is 0.127. The van der Waals surface area contributed by atoms with E-state index in [1.54, 1.807) is 24.3 Å². The Morgan fingerprint density at radius 1 is 1.40 bits per heavy atom. The molecule has 1 rings (SSSR count). The number of rotatable bonds is 7. The summed E-state index contributed by atoms with van der Waals surface area (Å²) in [6.07, 6.45) is 0. The lowest BCUT2D eigenvalue weighted by molar-refractivity contribution is 0.370. The molecule has 7 heteroatoms. The number of hydrogen-bond donors (Lipinski definition) is 2. The van der Waals surface area contributed by atoms with E-state index in [1.807, 2.05) is 25.9 Å². The Morgan fingerprint density at radius 3 is 2.55 bits per heavy atom. The van der Waals surface area contributed by atoms with E-state index in [9.17, 15) is 8.42 Å². The van der Waals surface area contributed by atoms with Crippen LogP contribution in [0.2, 0.25) is 0 Å². The first-order valence-electron chi connectivity index (χ1n) is 6.23. The number of likely N-dealkylation sites (N-methyl/N-ethyl adjacent to an activating group) is 1. The molecule has 1 aromatic carbocycles. The largest absolute Gasteiger partial charge is 0.389 e. The van der Waals surface area contributed by atoms with Crippen LogP contribution in [-0.2, 0) is 15.8 Å². The molecule has 0 aliphatic heterocycles. The molecule has 1 unspecified atom stereocenters. The van der Waals surface area contributed by atoms with E-state index in [-0.39, 0.29) is 16.8 Å². The van der Waals surface area contributed by atoms with Gasteiger partial charge in [0.2, 0.25) is 10.0 Å². The molecule has 5 nitrogen and oxygen atoms in total. The van der Waals surface area contributed by atoms with Crippen molar-refractivity contribution < 1.29 is 8.42 Å². The first-order valence-corrected chi connectivity index (χ1v) is 8.30. The third-order valence-electron chi connectivity index (χ3n) is 2.65. The summed E-state index contributed by atoms with van der Waals surface area (Å²) in [4.78, 5) is 2.13. The molecule has 1 atom stereocenters. The van der Waals surface area contributed by atoms with Gasteiger partial charge in [-0.05, 0) is 26.6 Å². The van der Waals surface area contributed by atoms with E-state index in [0.29, 0.717) is 17.7 Å². The fraction of sp³-hybridized carbons (Fsp3) is 0.462. The minimum atomic E-state index is -3.43. The number of nitrogens with zero attached hydrogens (tertiary/aromatic N) is 1. The molecule has 0 bridgehead atoms. The van der Waals surface area contributed by atoms with E-state index >= 15 is 0 Å². The molecule has 0 saturated heterocycles. The summed E-state index contributed by atoms with van der Waals surface area (Å²) in [5, 5.41) is 0. The summed E-state index contributed by atoms with van der Waals surface area (Å²) in [5.74, 6) is -0.127. The number of benzene rings is 1. The van der Waals surface area contributed by atoms with E-state index in [1.165, 1.54) is 0 Å². The summed E-state index contributed by atoms with van der Waals surface area (Å²) in [6, 6.07) is 6.86. The van der Waals surface area contributed by atoms with Gasteiger partial charge in [0.05, 0.1) is 5.75 Å². The van der Waals surface area contributed by atoms with Crippen molar-refractivity contribution in [1.82, 2.24) is 9.62 Å². The first kappa shape index (κ1) is 17.0. The van der Waals surface area contributed by atoms with Crippen molar-refractivity contribution in [1.29, 1.82) is 0 Å². The molecule has 0 radical (unpaired) electrons. The van der Waals surface area contributed by atoms with Crippen LogP contribution in [0.4, 0.5) is 0 Å². The molecule has 0 aliphatic carbocycles. The summed E-state index contributed by atoms with van der Waals surface area (Å²) in [6.45, 7) is 2.47. The van der Waals surface area contributed by atoms with Crippen LogP contribution in [0, 0.1) is 0 Å². The van der Waals surface area contributed by atoms with Crippen molar-refractivity contribution in [3.63, 3.8) is 0 Å². The molecule has 3 N–H and O–H groups in total.